The Kier molecular flexibility index (Phi) is 6.28. The number of carbonyl (C=O) groups excluding carboxylic acids is 1. The number of rotatable bonds is 4. The normalized spacial score (nSPS) is 20.4. The third-order valence-electron chi connectivity index (χ3n) is 6.55. The van der Waals surface area contributed by atoms with Crippen LogP contribution in [-0.4, -0.2) is 28.6 Å². The van der Waals surface area contributed by atoms with E-state index in [-0.39, 0.29) is 11.3 Å². The van der Waals surface area contributed by atoms with Gasteiger partial charge in [-0.15, -0.1) is 4.68 Å². The summed E-state index contributed by atoms with van der Waals surface area (Å²) in [6.07, 6.45) is 2.69. The first-order valence-electron chi connectivity index (χ1n) is 11.9. The van der Waals surface area contributed by atoms with E-state index < -0.39 is 0 Å². The number of hydrazone groups is 1. The number of nitrogens with one attached hydrogen (secondary N) is 1. The molecule has 0 bridgehead atoms. The monoisotopic (exact) mass is 524 g/mol. The Hall–Kier alpha value is -3.87. The second-order valence-electron chi connectivity index (χ2n) is 8.87. The molecule has 0 aromatic heterocycles. The molecule has 6 rings (SSSR count). The van der Waals surface area contributed by atoms with E-state index in [1.807, 2.05) is 59.3 Å². The number of amidine groups is 1. The van der Waals surface area contributed by atoms with Gasteiger partial charge in [-0.05, 0) is 58.3 Å². The van der Waals surface area contributed by atoms with Crippen LogP contribution >= 0.6 is 23.4 Å². The highest BCUT2D eigenvalue weighted by molar-refractivity contribution is 8.18. The van der Waals surface area contributed by atoms with E-state index >= 15 is 0 Å². The Morgan fingerprint density at radius 2 is 1.76 bits per heavy atom. The smallest absolute Gasteiger partial charge is 0.372 e. The van der Waals surface area contributed by atoms with E-state index in [0.717, 1.165) is 33.1 Å². The summed E-state index contributed by atoms with van der Waals surface area (Å²) in [5, 5.41) is 11.0. The molecule has 7 heteroatoms. The van der Waals surface area contributed by atoms with E-state index in [0.29, 0.717) is 17.3 Å². The largest absolute Gasteiger partial charge is 0.497 e. The van der Waals surface area contributed by atoms with Crippen molar-refractivity contribution in [1.29, 1.82) is 0 Å². The molecule has 1 N–H and O–H groups in total. The first-order valence-corrected chi connectivity index (χ1v) is 13.1. The minimum absolute atomic E-state index is 0.0880. The number of thioether (sulfide) groups is 1. The fourth-order valence-corrected chi connectivity index (χ4v) is 5.57. The molecule has 0 unspecified atom stereocenters. The molecule has 4 aromatic carbocycles. The molecular weight excluding hydrogens is 502 g/mol. The van der Waals surface area contributed by atoms with Gasteiger partial charge in [-0.3, -0.25) is 0 Å². The van der Waals surface area contributed by atoms with Crippen LogP contribution in [0.25, 0.3) is 16.8 Å². The average molecular weight is 525 g/mol. The Bertz CT molecular complexity index is 1610. The number of hydrogen-bond donors (Lipinski definition) is 1. The number of hydrogen-bond acceptors (Lipinski definition) is 4. The summed E-state index contributed by atoms with van der Waals surface area (Å²) in [5.41, 5.74) is 4.08. The maximum Gasteiger partial charge on any atom is 0.372 e. The predicted molar refractivity (Wildman–Crippen MR) is 152 cm³/mol. The first-order chi connectivity index (χ1) is 18.1. The Balaban J connectivity index is 1.48. The maximum atomic E-state index is 12.6. The highest BCUT2D eigenvalue weighted by Crippen LogP contribution is 2.35. The van der Waals surface area contributed by atoms with Crippen molar-refractivity contribution in [1.82, 2.24) is 5.32 Å². The predicted octanol–water partition coefficient (Wildman–Crippen LogP) is 7.26. The van der Waals surface area contributed by atoms with Gasteiger partial charge in [0.15, 0.2) is 6.04 Å². The summed E-state index contributed by atoms with van der Waals surface area (Å²) in [5.74, 6) is 1.48. The van der Waals surface area contributed by atoms with E-state index in [1.54, 1.807) is 7.11 Å². The van der Waals surface area contributed by atoms with Gasteiger partial charge in [0.25, 0.3) is 0 Å². The zero-order chi connectivity index (χ0) is 25.4. The van der Waals surface area contributed by atoms with Gasteiger partial charge in [0.05, 0.1) is 12.8 Å². The second kappa shape index (κ2) is 9.88. The number of benzene rings is 4. The molecule has 0 radical (unpaired) electrons. The Labute approximate surface area is 224 Å². The van der Waals surface area contributed by atoms with Crippen molar-refractivity contribution in [3.8, 4) is 5.75 Å². The lowest BCUT2D eigenvalue weighted by Gasteiger charge is -2.11. The van der Waals surface area contributed by atoms with Crippen LogP contribution in [0, 0.1) is 0 Å². The molecule has 5 nitrogen and oxygen atoms in total. The van der Waals surface area contributed by atoms with Crippen LogP contribution in [0.3, 0.4) is 0 Å². The Morgan fingerprint density at radius 1 is 1.00 bits per heavy atom. The van der Waals surface area contributed by atoms with E-state index in [9.17, 15) is 4.79 Å². The van der Waals surface area contributed by atoms with Gasteiger partial charge < -0.3 is 4.74 Å². The third kappa shape index (κ3) is 4.78. The highest BCUT2D eigenvalue weighted by Gasteiger charge is 2.40. The zero-order valence-corrected chi connectivity index (χ0v) is 21.6. The molecule has 0 saturated carbocycles. The molecule has 4 aromatic rings. The van der Waals surface area contributed by atoms with Crippen LogP contribution in [0.15, 0.2) is 101 Å². The van der Waals surface area contributed by atoms with Crippen LogP contribution in [0.1, 0.15) is 29.2 Å². The molecule has 1 saturated heterocycles. The lowest BCUT2D eigenvalue weighted by molar-refractivity contribution is -0.568. The lowest BCUT2D eigenvalue weighted by atomic mass is 9.97. The number of fused-ring (bicyclic) bond motifs is 1. The number of methoxy groups -OCH3 is 1. The van der Waals surface area contributed by atoms with E-state index in [2.05, 4.69) is 47.8 Å². The van der Waals surface area contributed by atoms with Gasteiger partial charge in [0.1, 0.15) is 10.7 Å². The number of amides is 1. The summed E-state index contributed by atoms with van der Waals surface area (Å²) in [6.45, 7) is 0. The molecular formula is C30H23ClN3O2S+. The standard InChI is InChI=1S/C30H22ClN3O2S/c1-36-25-14-10-21(11-15-25)27-18-26(23-9-8-20-4-2-3-5-22(20)17-23)33-34(27)29-28(37-30(35)32-29)16-19-6-12-24(31)13-7-19/h2-17,27H,18H2,1H3/p+1/b28-16-/t27-/m1/s1. The number of nitrogens with zero attached hydrogens (tertiary/aromatic N) is 2. The lowest BCUT2D eigenvalue weighted by Crippen LogP contribution is -2.29. The Morgan fingerprint density at radius 3 is 2.51 bits per heavy atom. The molecule has 1 atom stereocenters. The second-order valence-corrected chi connectivity index (χ2v) is 10.3. The molecule has 2 aliphatic rings. The van der Waals surface area contributed by atoms with Crippen molar-refractivity contribution >= 4 is 57.0 Å². The van der Waals surface area contributed by atoms with Crippen molar-refractivity contribution in [3.63, 3.8) is 0 Å². The SMILES string of the molecule is COc1ccc([C@H]2CC(c3ccc4ccccc4c3)=N/[N+]2=C2\NC(=O)S\C2=C/c2ccc(Cl)cc2)cc1. The van der Waals surface area contributed by atoms with E-state index in [1.165, 1.54) is 22.5 Å². The molecule has 2 aliphatic heterocycles. The van der Waals surface area contributed by atoms with Crippen molar-refractivity contribution in [3.05, 3.63) is 118 Å². The summed E-state index contributed by atoms with van der Waals surface area (Å²) in [7, 11) is 1.66. The summed E-state index contributed by atoms with van der Waals surface area (Å²) >= 11 is 7.24. The third-order valence-corrected chi connectivity index (χ3v) is 7.62. The summed E-state index contributed by atoms with van der Waals surface area (Å²) < 4.78 is 7.32. The van der Waals surface area contributed by atoms with Gasteiger partial charge in [-0.1, -0.05) is 77.4 Å². The van der Waals surface area contributed by atoms with Crippen molar-refractivity contribution in [2.24, 2.45) is 5.10 Å². The zero-order valence-electron chi connectivity index (χ0n) is 20.0. The van der Waals surface area contributed by atoms with Crippen LogP contribution < -0.4 is 10.1 Å². The summed E-state index contributed by atoms with van der Waals surface area (Å²) in [4.78, 5) is 13.4. The van der Waals surface area contributed by atoms with Gasteiger partial charge >= 0.3 is 11.1 Å². The summed E-state index contributed by atoms with van der Waals surface area (Å²) in [6, 6.07) is 30.2. The van der Waals surface area contributed by atoms with E-state index in [4.69, 9.17) is 21.4 Å². The van der Waals surface area contributed by atoms with Gasteiger partial charge in [-0.25, -0.2) is 4.79 Å². The van der Waals surface area contributed by atoms with Gasteiger partial charge in [0.2, 0.25) is 0 Å². The molecule has 0 aliphatic carbocycles. The average Bonchev–Trinajstić information content (AvgIpc) is 3.53. The van der Waals surface area contributed by atoms with Crippen LogP contribution in [0.4, 0.5) is 4.79 Å². The molecule has 0 spiro atoms. The number of ether oxygens (including phenoxy) is 1. The van der Waals surface area contributed by atoms with Crippen molar-refractivity contribution < 1.29 is 14.2 Å². The van der Waals surface area contributed by atoms with Crippen molar-refractivity contribution in [2.75, 3.05) is 7.11 Å². The first kappa shape index (κ1) is 23.5. The minimum Gasteiger partial charge on any atom is -0.497 e. The van der Waals surface area contributed by atoms with Gasteiger partial charge in [-0.2, -0.15) is 5.32 Å². The molecule has 1 amide bonds. The molecule has 2 heterocycles. The topological polar surface area (TPSA) is 53.7 Å². The fourth-order valence-electron chi connectivity index (χ4n) is 4.66. The molecule has 1 fully saturated rings. The molecule has 37 heavy (non-hydrogen) atoms. The van der Waals surface area contributed by atoms with Crippen LogP contribution in [-0.2, 0) is 0 Å². The van der Waals surface area contributed by atoms with Crippen LogP contribution in [0.5, 0.6) is 5.75 Å². The quantitative estimate of drug-likeness (QED) is 0.286. The van der Waals surface area contributed by atoms with Crippen molar-refractivity contribution in [2.45, 2.75) is 12.5 Å². The highest BCUT2D eigenvalue weighted by atomic mass is 35.5. The van der Waals surface area contributed by atoms with Gasteiger partial charge in [0, 0.05) is 28.8 Å². The minimum atomic E-state index is -0.127. The number of halogens is 1. The fraction of sp³-hybridized carbons (Fsp3) is 0.100. The number of carbonyl (C=O) groups is 1. The molecule has 182 valence electrons. The van der Waals surface area contributed by atoms with Crippen LogP contribution in [0.2, 0.25) is 5.02 Å². The maximum absolute atomic E-state index is 12.6.